The van der Waals surface area contributed by atoms with Crippen LogP contribution < -0.4 is 0 Å². The zero-order valence-corrected chi connectivity index (χ0v) is 13.0. The fourth-order valence-electron chi connectivity index (χ4n) is 3.04. The second-order valence-electron chi connectivity index (χ2n) is 5.92. The molecule has 4 rings (SSSR count). The SMILES string of the molecule is O=C(c1cc(-c2ccc(F)cc2)n[nH]1)N1CCc2ccccc2C1. The van der Waals surface area contributed by atoms with Gasteiger partial charge in [0.05, 0.1) is 5.69 Å². The fourth-order valence-corrected chi connectivity index (χ4v) is 3.04. The van der Waals surface area contributed by atoms with E-state index in [1.54, 1.807) is 18.2 Å². The molecule has 0 atom stereocenters. The summed E-state index contributed by atoms with van der Waals surface area (Å²) >= 11 is 0. The molecule has 5 heteroatoms. The number of aromatic nitrogens is 2. The summed E-state index contributed by atoms with van der Waals surface area (Å²) in [7, 11) is 0. The largest absolute Gasteiger partial charge is 0.333 e. The summed E-state index contributed by atoms with van der Waals surface area (Å²) in [4.78, 5) is 14.5. The maximum atomic E-state index is 13.0. The smallest absolute Gasteiger partial charge is 0.272 e. The Balaban J connectivity index is 1.55. The van der Waals surface area contributed by atoms with E-state index >= 15 is 0 Å². The van der Waals surface area contributed by atoms with Crippen LogP contribution in [0.4, 0.5) is 4.39 Å². The number of halogens is 1. The van der Waals surface area contributed by atoms with Gasteiger partial charge >= 0.3 is 0 Å². The molecule has 2 heterocycles. The minimum absolute atomic E-state index is 0.0645. The Bertz CT molecular complexity index is 886. The molecule has 24 heavy (non-hydrogen) atoms. The Labute approximate surface area is 138 Å². The van der Waals surface area contributed by atoms with Crippen molar-refractivity contribution in [2.24, 2.45) is 0 Å². The molecule has 1 aliphatic rings. The Morgan fingerprint density at radius 2 is 1.83 bits per heavy atom. The maximum Gasteiger partial charge on any atom is 0.272 e. The third-order valence-electron chi connectivity index (χ3n) is 4.37. The van der Waals surface area contributed by atoms with Crippen LogP contribution in [-0.2, 0) is 13.0 Å². The molecule has 0 saturated heterocycles. The summed E-state index contributed by atoms with van der Waals surface area (Å²) in [5, 5.41) is 6.99. The lowest BCUT2D eigenvalue weighted by Crippen LogP contribution is -2.36. The van der Waals surface area contributed by atoms with Crippen LogP contribution in [0.3, 0.4) is 0 Å². The number of hydrogen-bond donors (Lipinski definition) is 1. The van der Waals surface area contributed by atoms with Crippen molar-refractivity contribution in [3.8, 4) is 11.3 Å². The quantitative estimate of drug-likeness (QED) is 0.786. The first-order valence-electron chi connectivity index (χ1n) is 7.88. The number of hydrogen-bond acceptors (Lipinski definition) is 2. The van der Waals surface area contributed by atoms with Crippen molar-refractivity contribution in [3.05, 3.63) is 77.2 Å². The molecule has 0 spiro atoms. The van der Waals surface area contributed by atoms with Gasteiger partial charge in [0.25, 0.3) is 5.91 Å². The molecule has 0 radical (unpaired) electrons. The summed E-state index contributed by atoms with van der Waals surface area (Å²) in [6, 6.07) is 16.0. The number of amides is 1. The Hall–Kier alpha value is -2.95. The topological polar surface area (TPSA) is 49.0 Å². The fraction of sp³-hybridized carbons (Fsp3) is 0.158. The summed E-state index contributed by atoms with van der Waals surface area (Å²) in [6.45, 7) is 1.31. The van der Waals surface area contributed by atoms with E-state index in [1.165, 1.54) is 23.3 Å². The summed E-state index contributed by atoms with van der Waals surface area (Å²) in [6.07, 6.45) is 0.862. The number of aromatic amines is 1. The van der Waals surface area contributed by atoms with Crippen LogP contribution in [0.5, 0.6) is 0 Å². The highest BCUT2D eigenvalue weighted by molar-refractivity contribution is 5.93. The predicted molar refractivity (Wildman–Crippen MR) is 88.9 cm³/mol. The lowest BCUT2D eigenvalue weighted by atomic mass is 10.00. The molecule has 0 saturated carbocycles. The molecule has 0 fully saturated rings. The van der Waals surface area contributed by atoms with E-state index in [1.807, 2.05) is 17.0 Å². The molecule has 2 aromatic carbocycles. The highest BCUT2D eigenvalue weighted by atomic mass is 19.1. The lowest BCUT2D eigenvalue weighted by molar-refractivity contribution is 0.0728. The third kappa shape index (κ3) is 2.69. The summed E-state index contributed by atoms with van der Waals surface area (Å²) < 4.78 is 13.0. The van der Waals surface area contributed by atoms with Gasteiger partial charge in [0.2, 0.25) is 0 Å². The number of nitrogens with zero attached hydrogens (tertiary/aromatic N) is 2. The standard InChI is InChI=1S/C19H16FN3O/c20-16-7-5-14(6-8-16)17-11-18(22-21-17)19(24)23-10-9-13-3-1-2-4-15(13)12-23/h1-8,11H,9-10,12H2,(H,21,22). The van der Waals surface area contributed by atoms with Crippen molar-refractivity contribution < 1.29 is 9.18 Å². The van der Waals surface area contributed by atoms with E-state index in [9.17, 15) is 9.18 Å². The third-order valence-corrected chi connectivity index (χ3v) is 4.37. The second kappa shape index (κ2) is 5.92. The van der Waals surface area contributed by atoms with Gasteiger partial charge in [-0.1, -0.05) is 24.3 Å². The molecule has 0 bridgehead atoms. The first-order chi connectivity index (χ1) is 11.7. The molecule has 0 aliphatic carbocycles. The van der Waals surface area contributed by atoms with E-state index in [-0.39, 0.29) is 11.7 Å². The van der Waals surface area contributed by atoms with E-state index in [0.717, 1.165) is 12.0 Å². The van der Waals surface area contributed by atoms with Crippen molar-refractivity contribution in [3.63, 3.8) is 0 Å². The molecule has 1 aliphatic heterocycles. The average molecular weight is 321 g/mol. The highest BCUT2D eigenvalue weighted by Gasteiger charge is 2.23. The van der Waals surface area contributed by atoms with Crippen LogP contribution in [0, 0.1) is 5.82 Å². The average Bonchev–Trinajstić information content (AvgIpc) is 3.11. The predicted octanol–water partition coefficient (Wildman–Crippen LogP) is 3.41. The van der Waals surface area contributed by atoms with Crippen LogP contribution in [-0.4, -0.2) is 27.5 Å². The molecular weight excluding hydrogens is 305 g/mol. The molecular formula is C19H16FN3O. The van der Waals surface area contributed by atoms with E-state index in [4.69, 9.17) is 0 Å². The first-order valence-corrected chi connectivity index (χ1v) is 7.88. The van der Waals surface area contributed by atoms with Crippen molar-refractivity contribution >= 4 is 5.91 Å². The number of nitrogens with one attached hydrogen (secondary N) is 1. The monoisotopic (exact) mass is 321 g/mol. The van der Waals surface area contributed by atoms with Gasteiger partial charge < -0.3 is 4.90 Å². The Morgan fingerprint density at radius 1 is 1.08 bits per heavy atom. The molecule has 4 nitrogen and oxygen atoms in total. The molecule has 3 aromatic rings. The highest BCUT2D eigenvalue weighted by Crippen LogP contribution is 2.22. The second-order valence-corrected chi connectivity index (χ2v) is 5.92. The lowest BCUT2D eigenvalue weighted by Gasteiger charge is -2.28. The van der Waals surface area contributed by atoms with Crippen LogP contribution in [0.1, 0.15) is 21.6 Å². The van der Waals surface area contributed by atoms with Gasteiger partial charge in [-0.05, 0) is 47.9 Å². The normalized spacial score (nSPS) is 13.6. The van der Waals surface area contributed by atoms with Gasteiger partial charge in [0, 0.05) is 18.7 Å². The minimum Gasteiger partial charge on any atom is -0.333 e. The summed E-state index contributed by atoms with van der Waals surface area (Å²) in [5.41, 5.74) is 4.36. The molecule has 0 unspecified atom stereocenters. The van der Waals surface area contributed by atoms with Gasteiger partial charge in [0.15, 0.2) is 0 Å². The zero-order chi connectivity index (χ0) is 16.5. The van der Waals surface area contributed by atoms with Gasteiger partial charge in [-0.2, -0.15) is 5.10 Å². The number of carbonyl (C=O) groups excluding carboxylic acids is 1. The first kappa shape index (κ1) is 14.6. The van der Waals surface area contributed by atoms with Crippen LogP contribution in [0.15, 0.2) is 54.6 Å². The molecule has 120 valence electrons. The van der Waals surface area contributed by atoms with Crippen LogP contribution in [0.2, 0.25) is 0 Å². The van der Waals surface area contributed by atoms with E-state index < -0.39 is 0 Å². The Kier molecular flexibility index (Phi) is 3.61. The number of rotatable bonds is 2. The van der Waals surface area contributed by atoms with Gasteiger partial charge in [-0.15, -0.1) is 0 Å². The van der Waals surface area contributed by atoms with Gasteiger partial charge in [-0.3, -0.25) is 9.89 Å². The number of H-pyrrole nitrogens is 1. The minimum atomic E-state index is -0.294. The number of carbonyl (C=O) groups is 1. The van der Waals surface area contributed by atoms with E-state index in [2.05, 4.69) is 22.3 Å². The van der Waals surface area contributed by atoms with Crippen LogP contribution in [0.25, 0.3) is 11.3 Å². The van der Waals surface area contributed by atoms with Crippen LogP contribution >= 0.6 is 0 Å². The van der Waals surface area contributed by atoms with Crippen molar-refractivity contribution in [1.82, 2.24) is 15.1 Å². The zero-order valence-electron chi connectivity index (χ0n) is 13.0. The van der Waals surface area contributed by atoms with Crippen molar-refractivity contribution in [1.29, 1.82) is 0 Å². The van der Waals surface area contributed by atoms with Crippen molar-refractivity contribution in [2.45, 2.75) is 13.0 Å². The maximum absolute atomic E-state index is 13.0. The van der Waals surface area contributed by atoms with Crippen molar-refractivity contribution in [2.75, 3.05) is 6.54 Å². The molecule has 1 amide bonds. The van der Waals surface area contributed by atoms with E-state index in [0.29, 0.717) is 24.5 Å². The Morgan fingerprint density at radius 3 is 2.62 bits per heavy atom. The van der Waals surface area contributed by atoms with Gasteiger partial charge in [0.1, 0.15) is 11.5 Å². The molecule has 1 aromatic heterocycles. The molecule has 1 N–H and O–H groups in total. The summed E-state index contributed by atoms with van der Waals surface area (Å²) in [5.74, 6) is -0.358. The number of benzene rings is 2. The van der Waals surface area contributed by atoms with Gasteiger partial charge in [-0.25, -0.2) is 4.39 Å². The number of fused-ring (bicyclic) bond motifs is 1.